The summed E-state index contributed by atoms with van der Waals surface area (Å²) in [5.74, 6) is -0.299. The number of aromatic amines is 1. The summed E-state index contributed by atoms with van der Waals surface area (Å²) in [6.07, 6.45) is 1.72. The molecule has 0 aliphatic carbocycles. The van der Waals surface area contributed by atoms with Crippen molar-refractivity contribution in [2.24, 2.45) is 0 Å². The number of anilines is 2. The van der Waals surface area contributed by atoms with Crippen molar-refractivity contribution in [1.29, 1.82) is 0 Å². The smallest absolute Gasteiger partial charge is 0.278 e. The fourth-order valence-corrected chi connectivity index (χ4v) is 2.44. The van der Waals surface area contributed by atoms with Gasteiger partial charge in [-0.3, -0.25) is 9.89 Å². The van der Waals surface area contributed by atoms with Gasteiger partial charge in [0.05, 0.1) is 11.4 Å². The Bertz CT molecular complexity index is 655. The predicted molar refractivity (Wildman–Crippen MR) is 88.6 cm³/mol. The molecule has 6 heteroatoms. The van der Waals surface area contributed by atoms with Crippen LogP contribution >= 0.6 is 15.9 Å². The van der Waals surface area contributed by atoms with Crippen LogP contribution < -0.4 is 11.1 Å². The highest BCUT2D eigenvalue weighted by Gasteiger charge is 2.17. The van der Waals surface area contributed by atoms with Gasteiger partial charge < -0.3 is 11.1 Å². The Morgan fingerprint density at radius 1 is 1.38 bits per heavy atom. The quantitative estimate of drug-likeness (QED) is 0.787. The third kappa shape index (κ3) is 3.26. The van der Waals surface area contributed by atoms with Gasteiger partial charge in [-0.25, -0.2) is 0 Å². The van der Waals surface area contributed by atoms with Gasteiger partial charge in [0.15, 0.2) is 5.69 Å². The van der Waals surface area contributed by atoms with E-state index in [0.29, 0.717) is 5.69 Å². The van der Waals surface area contributed by atoms with Gasteiger partial charge in [0, 0.05) is 10.2 Å². The number of H-pyrrole nitrogens is 1. The molecule has 2 aromatic rings. The van der Waals surface area contributed by atoms with Crippen molar-refractivity contribution in [3.05, 3.63) is 39.1 Å². The van der Waals surface area contributed by atoms with Gasteiger partial charge in [0.2, 0.25) is 0 Å². The Morgan fingerprint density at radius 2 is 2.00 bits per heavy atom. The summed E-state index contributed by atoms with van der Waals surface area (Å²) in [4.78, 5) is 12.3. The van der Waals surface area contributed by atoms with Gasteiger partial charge in [-0.2, -0.15) is 5.10 Å². The fourth-order valence-electron chi connectivity index (χ4n) is 2.21. The second-order valence-electron chi connectivity index (χ2n) is 5.09. The average Bonchev–Trinajstić information content (AvgIpc) is 2.78. The van der Waals surface area contributed by atoms with Crippen LogP contribution in [0.1, 0.15) is 40.7 Å². The number of nitrogens with two attached hydrogens (primary N) is 1. The zero-order chi connectivity index (χ0) is 15.6. The zero-order valence-electron chi connectivity index (χ0n) is 12.4. The van der Waals surface area contributed by atoms with Crippen LogP contribution in [0.4, 0.5) is 11.4 Å². The molecule has 5 nitrogen and oxygen atoms in total. The van der Waals surface area contributed by atoms with Gasteiger partial charge in [-0.15, -0.1) is 0 Å². The second-order valence-corrected chi connectivity index (χ2v) is 5.89. The van der Waals surface area contributed by atoms with Crippen LogP contribution in [0.2, 0.25) is 0 Å². The molecular formula is C15H19BrN4O. The lowest BCUT2D eigenvalue weighted by molar-refractivity contribution is 0.102. The molecule has 21 heavy (non-hydrogen) atoms. The first-order valence-corrected chi connectivity index (χ1v) is 7.64. The van der Waals surface area contributed by atoms with E-state index in [4.69, 9.17) is 5.73 Å². The summed E-state index contributed by atoms with van der Waals surface area (Å²) in [6, 6.07) is 3.82. The highest BCUT2D eigenvalue weighted by molar-refractivity contribution is 9.10. The number of benzene rings is 1. The van der Waals surface area contributed by atoms with Crippen LogP contribution in [0, 0.1) is 13.8 Å². The standard InChI is InChI=1S/C15H19BrN4O/c1-4-5-11-13(17)14(20-19-11)15(21)18-10-6-8(2)12(16)9(3)7-10/h6-7H,4-5,17H2,1-3H3,(H,18,21)(H,19,20). The van der Waals surface area contributed by atoms with Crippen molar-refractivity contribution in [2.45, 2.75) is 33.6 Å². The van der Waals surface area contributed by atoms with E-state index in [9.17, 15) is 4.79 Å². The van der Waals surface area contributed by atoms with Crippen LogP contribution in [0.3, 0.4) is 0 Å². The van der Waals surface area contributed by atoms with Crippen molar-refractivity contribution in [3.8, 4) is 0 Å². The Hall–Kier alpha value is -1.82. The Kier molecular flexibility index (Phi) is 4.67. The van der Waals surface area contributed by atoms with E-state index >= 15 is 0 Å². The molecule has 1 amide bonds. The van der Waals surface area contributed by atoms with E-state index in [0.717, 1.165) is 39.8 Å². The molecule has 0 atom stereocenters. The summed E-state index contributed by atoms with van der Waals surface area (Å²) in [6.45, 7) is 6.01. The Balaban J connectivity index is 2.22. The lowest BCUT2D eigenvalue weighted by atomic mass is 10.1. The lowest BCUT2D eigenvalue weighted by Gasteiger charge is -2.09. The number of rotatable bonds is 4. The molecule has 0 aliphatic rings. The maximum Gasteiger partial charge on any atom is 0.278 e. The number of nitrogens with zero attached hydrogens (tertiary/aromatic N) is 1. The van der Waals surface area contributed by atoms with Crippen LogP contribution in [0.5, 0.6) is 0 Å². The highest BCUT2D eigenvalue weighted by Crippen LogP contribution is 2.25. The molecule has 0 aliphatic heterocycles. The molecule has 0 saturated heterocycles. The number of amides is 1. The molecule has 0 fully saturated rings. The molecule has 1 aromatic carbocycles. The van der Waals surface area contributed by atoms with Crippen LogP contribution in [-0.2, 0) is 6.42 Å². The summed E-state index contributed by atoms with van der Waals surface area (Å²) >= 11 is 3.51. The van der Waals surface area contributed by atoms with E-state index < -0.39 is 0 Å². The van der Waals surface area contributed by atoms with E-state index in [1.807, 2.05) is 32.9 Å². The van der Waals surface area contributed by atoms with Crippen molar-refractivity contribution in [1.82, 2.24) is 10.2 Å². The lowest BCUT2D eigenvalue weighted by Crippen LogP contribution is -2.14. The highest BCUT2D eigenvalue weighted by atomic mass is 79.9. The third-order valence-electron chi connectivity index (χ3n) is 3.29. The van der Waals surface area contributed by atoms with Crippen molar-refractivity contribution >= 4 is 33.2 Å². The van der Waals surface area contributed by atoms with E-state index in [-0.39, 0.29) is 11.6 Å². The van der Waals surface area contributed by atoms with Gasteiger partial charge >= 0.3 is 0 Å². The Morgan fingerprint density at radius 3 is 2.57 bits per heavy atom. The molecule has 0 unspecified atom stereocenters. The molecule has 2 rings (SSSR count). The zero-order valence-corrected chi connectivity index (χ0v) is 14.0. The van der Waals surface area contributed by atoms with Gasteiger partial charge in [-0.1, -0.05) is 29.3 Å². The first-order chi connectivity index (χ1) is 9.93. The minimum Gasteiger partial charge on any atom is -0.395 e. The van der Waals surface area contributed by atoms with Gasteiger partial charge in [0.25, 0.3) is 5.91 Å². The number of carbonyl (C=O) groups is 1. The van der Waals surface area contributed by atoms with Crippen LogP contribution in [0.25, 0.3) is 0 Å². The number of nitrogen functional groups attached to an aromatic ring is 1. The van der Waals surface area contributed by atoms with Gasteiger partial charge in [0.1, 0.15) is 0 Å². The summed E-state index contributed by atoms with van der Waals surface area (Å²) in [7, 11) is 0. The van der Waals surface area contributed by atoms with Crippen molar-refractivity contribution < 1.29 is 4.79 Å². The minimum absolute atomic E-state index is 0.247. The molecule has 0 radical (unpaired) electrons. The summed E-state index contributed by atoms with van der Waals surface area (Å²) in [5.41, 5.74) is 10.3. The molecule has 0 bridgehead atoms. The van der Waals surface area contributed by atoms with Crippen molar-refractivity contribution in [2.75, 3.05) is 11.1 Å². The van der Waals surface area contributed by atoms with Crippen molar-refractivity contribution in [3.63, 3.8) is 0 Å². The molecule has 4 N–H and O–H groups in total. The SMILES string of the molecule is CCCc1[nH]nc(C(=O)Nc2cc(C)c(Br)c(C)c2)c1N. The van der Waals surface area contributed by atoms with E-state index in [1.165, 1.54) is 0 Å². The monoisotopic (exact) mass is 350 g/mol. The molecular weight excluding hydrogens is 332 g/mol. The predicted octanol–water partition coefficient (Wildman–Crippen LogP) is 3.58. The first-order valence-electron chi connectivity index (χ1n) is 6.84. The maximum atomic E-state index is 12.3. The third-order valence-corrected chi connectivity index (χ3v) is 4.54. The molecule has 0 spiro atoms. The minimum atomic E-state index is -0.299. The maximum absolute atomic E-state index is 12.3. The van der Waals surface area contributed by atoms with E-state index in [2.05, 4.69) is 31.4 Å². The molecule has 1 aromatic heterocycles. The van der Waals surface area contributed by atoms with E-state index in [1.54, 1.807) is 0 Å². The number of nitrogens with one attached hydrogen (secondary N) is 2. The normalized spacial score (nSPS) is 10.7. The molecule has 0 saturated carbocycles. The van der Waals surface area contributed by atoms with Crippen LogP contribution in [-0.4, -0.2) is 16.1 Å². The topological polar surface area (TPSA) is 83.8 Å². The average molecular weight is 351 g/mol. The number of carbonyl (C=O) groups excluding carboxylic acids is 1. The van der Waals surface area contributed by atoms with Gasteiger partial charge in [-0.05, 0) is 43.5 Å². The largest absolute Gasteiger partial charge is 0.395 e. The summed E-state index contributed by atoms with van der Waals surface area (Å²) < 4.78 is 1.05. The Labute approximate surface area is 132 Å². The second kappa shape index (κ2) is 6.30. The van der Waals surface area contributed by atoms with Crippen LogP contribution in [0.15, 0.2) is 16.6 Å². The molecule has 112 valence electrons. The number of aromatic nitrogens is 2. The molecule has 1 heterocycles. The number of aryl methyl sites for hydroxylation is 3. The number of hydrogen-bond acceptors (Lipinski definition) is 3. The fraction of sp³-hybridized carbons (Fsp3) is 0.333. The first kappa shape index (κ1) is 15.6. The number of halogens is 1. The summed E-state index contributed by atoms with van der Waals surface area (Å²) in [5, 5.41) is 9.69. The number of hydrogen-bond donors (Lipinski definition) is 3.